The van der Waals surface area contributed by atoms with Crippen molar-refractivity contribution in [3.8, 4) is 0 Å². The van der Waals surface area contributed by atoms with Crippen molar-refractivity contribution in [1.82, 2.24) is 15.1 Å². The number of nitrogens with zero attached hydrogens (tertiary/aromatic N) is 2. The normalized spacial score (nSPS) is 21.9. The van der Waals surface area contributed by atoms with Gasteiger partial charge in [-0.25, -0.2) is 0 Å². The lowest BCUT2D eigenvalue weighted by Crippen LogP contribution is -2.63. The number of piperazine rings is 1. The van der Waals surface area contributed by atoms with Gasteiger partial charge in [-0.05, 0) is 23.9 Å². The number of carbonyl (C=O) groups excluding carboxylic acids is 1. The summed E-state index contributed by atoms with van der Waals surface area (Å²) in [5.41, 5.74) is 1.11. The lowest BCUT2D eigenvalue weighted by Gasteiger charge is -2.46. The van der Waals surface area contributed by atoms with Crippen LogP contribution in [0.1, 0.15) is 15.2 Å². The van der Waals surface area contributed by atoms with Crippen molar-refractivity contribution in [3.63, 3.8) is 0 Å². The largest absolute Gasteiger partial charge is 0.335 e. The molecule has 0 unspecified atom stereocenters. The van der Waals surface area contributed by atoms with E-state index in [2.05, 4.69) is 10.2 Å². The van der Waals surface area contributed by atoms with E-state index in [1.807, 2.05) is 23.3 Å². The van der Waals surface area contributed by atoms with Gasteiger partial charge in [0.05, 0.1) is 4.88 Å². The Hall–Kier alpha value is -0.910. The second kappa shape index (κ2) is 4.99. The van der Waals surface area contributed by atoms with Crippen molar-refractivity contribution in [2.24, 2.45) is 0 Å². The summed E-state index contributed by atoms with van der Waals surface area (Å²) in [7, 11) is 0. The molecular formula is C13H19N3OS. The molecule has 3 rings (SSSR count). The summed E-state index contributed by atoms with van der Waals surface area (Å²) < 4.78 is 0. The minimum absolute atomic E-state index is 0.217. The molecule has 3 heterocycles. The molecule has 4 nitrogen and oxygen atoms in total. The average Bonchev–Trinajstić information content (AvgIpc) is 2.75. The molecule has 2 fully saturated rings. The smallest absolute Gasteiger partial charge is 0.264 e. The van der Waals surface area contributed by atoms with E-state index >= 15 is 0 Å². The molecule has 0 radical (unpaired) electrons. The summed E-state index contributed by atoms with van der Waals surface area (Å²) in [4.78, 5) is 17.6. The Morgan fingerprint density at radius 1 is 1.39 bits per heavy atom. The first-order valence-corrected chi connectivity index (χ1v) is 7.42. The van der Waals surface area contributed by atoms with Gasteiger partial charge in [-0.3, -0.25) is 9.69 Å². The Balaban J connectivity index is 1.55. The maximum atomic E-state index is 12.2. The number of thiophene rings is 1. The number of hydrogen-bond donors (Lipinski definition) is 1. The van der Waals surface area contributed by atoms with Gasteiger partial charge < -0.3 is 10.2 Å². The molecule has 98 valence electrons. The highest BCUT2D eigenvalue weighted by atomic mass is 32.1. The van der Waals surface area contributed by atoms with Gasteiger partial charge in [-0.15, -0.1) is 11.3 Å². The van der Waals surface area contributed by atoms with E-state index in [4.69, 9.17) is 0 Å². The molecule has 5 heteroatoms. The standard InChI is InChI=1S/C13H19N3OS/c1-10-2-7-18-12(10)13(17)16-8-11(9-16)15-5-3-14-4-6-15/h2,7,11,14H,3-6,8-9H2,1H3. The second-order valence-electron chi connectivity index (χ2n) is 5.08. The highest BCUT2D eigenvalue weighted by Crippen LogP contribution is 2.23. The Morgan fingerprint density at radius 3 is 2.72 bits per heavy atom. The molecule has 1 aromatic rings. The van der Waals surface area contributed by atoms with Crippen LogP contribution < -0.4 is 5.32 Å². The van der Waals surface area contributed by atoms with Gasteiger partial charge in [-0.1, -0.05) is 0 Å². The zero-order valence-electron chi connectivity index (χ0n) is 10.7. The highest BCUT2D eigenvalue weighted by Gasteiger charge is 2.36. The van der Waals surface area contributed by atoms with Crippen LogP contribution in [-0.2, 0) is 0 Å². The first-order chi connectivity index (χ1) is 8.75. The maximum Gasteiger partial charge on any atom is 0.264 e. The fraction of sp³-hybridized carbons (Fsp3) is 0.615. The van der Waals surface area contributed by atoms with Gasteiger partial charge in [0, 0.05) is 45.3 Å². The molecule has 0 spiro atoms. The Bertz CT molecular complexity index is 433. The third-order valence-electron chi connectivity index (χ3n) is 3.87. The first kappa shape index (κ1) is 12.1. The first-order valence-electron chi connectivity index (χ1n) is 6.54. The van der Waals surface area contributed by atoms with Crippen LogP contribution in [0.15, 0.2) is 11.4 Å². The molecule has 0 bridgehead atoms. The summed E-state index contributed by atoms with van der Waals surface area (Å²) >= 11 is 1.56. The van der Waals surface area contributed by atoms with Crippen molar-refractivity contribution in [3.05, 3.63) is 21.9 Å². The van der Waals surface area contributed by atoms with Crippen LogP contribution >= 0.6 is 11.3 Å². The predicted octanol–water partition coefficient (Wildman–Crippen LogP) is 0.786. The molecule has 1 N–H and O–H groups in total. The molecule has 2 aliphatic rings. The third-order valence-corrected chi connectivity index (χ3v) is 4.88. The van der Waals surface area contributed by atoms with Crippen LogP contribution in [0.2, 0.25) is 0 Å². The molecule has 0 atom stereocenters. The van der Waals surface area contributed by atoms with E-state index < -0.39 is 0 Å². The monoisotopic (exact) mass is 265 g/mol. The number of rotatable bonds is 2. The summed E-state index contributed by atoms with van der Waals surface area (Å²) in [5, 5.41) is 5.36. The summed E-state index contributed by atoms with van der Waals surface area (Å²) in [6.45, 7) is 8.20. The minimum atomic E-state index is 0.217. The van der Waals surface area contributed by atoms with E-state index in [0.717, 1.165) is 49.7 Å². The van der Waals surface area contributed by atoms with Gasteiger partial charge in [0.25, 0.3) is 5.91 Å². The van der Waals surface area contributed by atoms with Crippen LogP contribution in [0.25, 0.3) is 0 Å². The molecule has 1 amide bonds. The highest BCUT2D eigenvalue weighted by molar-refractivity contribution is 7.12. The zero-order valence-corrected chi connectivity index (χ0v) is 11.5. The van der Waals surface area contributed by atoms with Crippen LogP contribution in [0.3, 0.4) is 0 Å². The van der Waals surface area contributed by atoms with Crippen molar-refractivity contribution < 1.29 is 4.79 Å². The maximum absolute atomic E-state index is 12.2. The van der Waals surface area contributed by atoms with Crippen LogP contribution in [-0.4, -0.2) is 61.0 Å². The van der Waals surface area contributed by atoms with E-state index in [1.54, 1.807) is 11.3 Å². The van der Waals surface area contributed by atoms with Crippen molar-refractivity contribution in [2.75, 3.05) is 39.3 Å². The number of hydrogen-bond acceptors (Lipinski definition) is 4. The van der Waals surface area contributed by atoms with Crippen LogP contribution in [0.4, 0.5) is 0 Å². The SMILES string of the molecule is Cc1ccsc1C(=O)N1CC(N2CCNCC2)C1. The van der Waals surface area contributed by atoms with Gasteiger partial charge in [0.1, 0.15) is 0 Å². The van der Waals surface area contributed by atoms with Gasteiger partial charge in [0.2, 0.25) is 0 Å². The predicted molar refractivity (Wildman–Crippen MR) is 73.2 cm³/mol. The van der Waals surface area contributed by atoms with Crippen molar-refractivity contribution in [2.45, 2.75) is 13.0 Å². The van der Waals surface area contributed by atoms with E-state index in [-0.39, 0.29) is 5.91 Å². The number of likely N-dealkylation sites (tertiary alicyclic amines) is 1. The zero-order chi connectivity index (χ0) is 12.5. The number of aryl methyl sites for hydroxylation is 1. The Morgan fingerprint density at radius 2 is 2.11 bits per heavy atom. The summed E-state index contributed by atoms with van der Waals surface area (Å²) in [6.07, 6.45) is 0. The van der Waals surface area contributed by atoms with Crippen LogP contribution in [0, 0.1) is 6.92 Å². The van der Waals surface area contributed by atoms with Crippen molar-refractivity contribution in [1.29, 1.82) is 0 Å². The minimum Gasteiger partial charge on any atom is -0.335 e. The van der Waals surface area contributed by atoms with Crippen LogP contribution in [0.5, 0.6) is 0 Å². The van der Waals surface area contributed by atoms with Gasteiger partial charge in [0.15, 0.2) is 0 Å². The average molecular weight is 265 g/mol. The lowest BCUT2D eigenvalue weighted by atomic mass is 10.1. The third kappa shape index (κ3) is 2.18. The number of nitrogens with one attached hydrogen (secondary N) is 1. The molecule has 0 aromatic carbocycles. The molecule has 18 heavy (non-hydrogen) atoms. The van der Waals surface area contributed by atoms with Gasteiger partial charge in [-0.2, -0.15) is 0 Å². The molecule has 0 aliphatic carbocycles. The molecular weight excluding hydrogens is 246 g/mol. The quantitative estimate of drug-likeness (QED) is 0.858. The number of carbonyl (C=O) groups is 1. The Labute approximate surface area is 112 Å². The fourth-order valence-electron chi connectivity index (χ4n) is 2.63. The van der Waals surface area contributed by atoms with E-state index in [1.165, 1.54) is 0 Å². The number of amides is 1. The summed E-state index contributed by atoms with van der Waals surface area (Å²) in [5.74, 6) is 0.217. The Kier molecular flexibility index (Phi) is 3.37. The van der Waals surface area contributed by atoms with Gasteiger partial charge >= 0.3 is 0 Å². The van der Waals surface area contributed by atoms with Crippen molar-refractivity contribution >= 4 is 17.2 Å². The molecule has 0 saturated carbocycles. The molecule has 1 aromatic heterocycles. The lowest BCUT2D eigenvalue weighted by molar-refractivity contribution is 0.0230. The molecule has 2 saturated heterocycles. The van der Waals surface area contributed by atoms with E-state index in [0.29, 0.717) is 6.04 Å². The fourth-order valence-corrected chi connectivity index (χ4v) is 3.53. The van der Waals surface area contributed by atoms with E-state index in [9.17, 15) is 4.79 Å². The topological polar surface area (TPSA) is 35.6 Å². The molecule has 2 aliphatic heterocycles. The second-order valence-corrected chi connectivity index (χ2v) is 6.00. The summed E-state index contributed by atoms with van der Waals surface area (Å²) in [6, 6.07) is 2.60.